The summed E-state index contributed by atoms with van der Waals surface area (Å²) < 4.78 is 39.4. The second kappa shape index (κ2) is 15.6. The molecule has 3 aliphatic rings. The first-order chi connectivity index (χ1) is 25.1. The van der Waals surface area contributed by atoms with Gasteiger partial charge in [0, 0.05) is 17.7 Å². The molecule has 3 aromatic rings. The maximum atomic E-state index is 13.7. The van der Waals surface area contributed by atoms with Gasteiger partial charge in [0.25, 0.3) is 0 Å². The fraction of sp³-hybridized carbons (Fsp3) is 0.545. The van der Waals surface area contributed by atoms with Gasteiger partial charge in [-0.2, -0.15) is 0 Å². The first kappa shape index (κ1) is 39.0. The number of aliphatic hydroxyl groups is 9. The SMILES string of the molecule is CC1OC(OCC2OC(Oc3c(-c4ccc(O)cc4)oc4cc(O)cc(O)c4c3=O)C(O)C(O)C2O)C(O)C(O)C1OC1OC(CO)C(O)C(O)C1O. The molecule has 0 amide bonds. The molecule has 6 rings (SSSR count). The summed E-state index contributed by atoms with van der Waals surface area (Å²) in [7, 11) is 0. The van der Waals surface area contributed by atoms with Crippen LogP contribution in [0.2, 0.25) is 0 Å². The molecule has 20 nitrogen and oxygen atoms in total. The summed E-state index contributed by atoms with van der Waals surface area (Å²) in [6, 6.07) is 7.19. The zero-order valence-corrected chi connectivity index (χ0v) is 27.7. The van der Waals surface area contributed by atoms with E-state index in [1.807, 2.05) is 0 Å². The van der Waals surface area contributed by atoms with Gasteiger partial charge in [0.1, 0.15) is 95.4 Å². The van der Waals surface area contributed by atoms with Crippen LogP contribution in [0.1, 0.15) is 6.92 Å². The van der Waals surface area contributed by atoms with Crippen LogP contribution in [0, 0.1) is 0 Å². The average Bonchev–Trinajstić information content (AvgIpc) is 3.12. The number of phenols is 3. The molecule has 0 radical (unpaired) electrons. The van der Waals surface area contributed by atoms with Gasteiger partial charge in [-0.3, -0.25) is 4.79 Å². The van der Waals surface area contributed by atoms with E-state index in [1.165, 1.54) is 31.2 Å². The third kappa shape index (κ3) is 7.52. The normalized spacial score (nSPS) is 37.8. The Morgan fingerprint density at radius 3 is 1.94 bits per heavy atom. The van der Waals surface area contributed by atoms with Crippen molar-refractivity contribution in [3.63, 3.8) is 0 Å². The zero-order valence-electron chi connectivity index (χ0n) is 27.7. The standard InChI is InChI=1S/C33H40O20/c1-10-28(52-32-25(44)22(41)19(38)16(8-34)50-32)24(43)27(46)31(48-10)47-9-17-20(39)23(42)26(45)33(51-17)53-30-21(40)18-14(37)6-13(36)7-15(18)49-29(30)11-2-4-12(35)5-3-11/h2-7,10,16-17,19-20,22-28,31-39,41-46H,8-9H2,1H3. The summed E-state index contributed by atoms with van der Waals surface area (Å²) in [6.45, 7) is -0.0169. The van der Waals surface area contributed by atoms with Crippen LogP contribution in [0.5, 0.6) is 23.0 Å². The molecule has 3 saturated heterocycles. The summed E-state index contributed by atoms with van der Waals surface area (Å²) in [4.78, 5) is 13.7. The van der Waals surface area contributed by atoms with Gasteiger partial charge in [-0.05, 0) is 31.2 Å². The molecule has 3 fully saturated rings. The average molecular weight is 757 g/mol. The lowest BCUT2D eigenvalue weighted by atomic mass is 9.97. The number of fused-ring (bicyclic) bond motifs is 1. The number of hydrogen-bond donors (Lipinski definition) is 12. The van der Waals surface area contributed by atoms with Crippen molar-refractivity contribution in [3.05, 3.63) is 46.6 Å². The van der Waals surface area contributed by atoms with Gasteiger partial charge in [0.2, 0.25) is 17.5 Å². The minimum absolute atomic E-state index is 0.133. The molecule has 12 N–H and O–H groups in total. The van der Waals surface area contributed by atoms with Crippen LogP contribution in [-0.2, 0) is 23.7 Å². The molecule has 20 heteroatoms. The zero-order chi connectivity index (χ0) is 38.5. The Kier molecular flexibility index (Phi) is 11.5. The monoisotopic (exact) mass is 756 g/mol. The second-order valence-corrected chi connectivity index (χ2v) is 12.9. The Hall–Kier alpha value is -3.71. The number of rotatable bonds is 9. The summed E-state index contributed by atoms with van der Waals surface area (Å²) in [5.41, 5.74) is -1.08. The van der Waals surface area contributed by atoms with Gasteiger partial charge in [0.15, 0.2) is 18.3 Å². The highest BCUT2D eigenvalue weighted by atomic mass is 16.8. The maximum Gasteiger partial charge on any atom is 0.239 e. The first-order valence-corrected chi connectivity index (χ1v) is 16.4. The van der Waals surface area contributed by atoms with Crippen molar-refractivity contribution in [2.75, 3.05) is 13.2 Å². The maximum absolute atomic E-state index is 13.7. The Balaban J connectivity index is 1.18. The molecule has 0 bridgehead atoms. The fourth-order valence-corrected chi connectivity index (χ4v) is 6.30. The van der Waals surface area contributed by atoms with E-state index in [0.717, 1.165) is 12.1 Å². The van der Waals surface area contributed by atoms with E-state index in [9.17, 15) is 66.1 Å². The molecule has 0 saturated carbocycles. The number of aliphatic hydroxyl groups excluding tert-OH is 9. The second-order valence-electron chi connectivity index (χ2n) is 12.9. The van der Waals surface area contributed by atoms with Crippen molar-refractivity contribution < 1.29 is 94.1 Å². The molecule has 53 heavy (non-hydrogen) atoms. The third-order valence-electron chi connectivity index (χ3n) is 9.29. The molecular weight excluding hydrogens is 716 g/mol. The van der Waals surface area contributed by atoms with Gasteiger partial charge in [-0.15, -0.1) is 0 Å². The highest BCUT2D eigenvalue weighted by Gasteiger charge is 2.51. The molecule has 4 heterocycles. The summed E-state index contributed by atoms with van der Waals surface area (Å²) >= 11 is 0. The molecule has 1 aromatic heterocycles. The van der Waals surface area contributed by atoms with E-state index in [0.29, 0.717) is 0 Å². The van der Waals surface area contributed by atoms with Crippen molar-refractivity contribution in [3.8, 4) is 34.3 Å². The number of hydrogen-bond acceptors (Lipinski definition) is 20. The highest BCUT2D eigenvalue weighted by molar-refractivity contribution is 5.88. The summed E-state index contributed by atoms with van der Waals surface area (Å²) in [5, 5.41) is 124. The number of phenolic OH excluding ortho intramolecular Hbond substituents is 3. The predicted molar refractivity (Wildman–Crippen MR) is 171 cm³/mol. The van der Waals surface area contributed by atoms with Crippen LogP contribution in [0.15, 0.2) is 45.6 Å². The van der Waals surface area contributed by atoms with Gasteiger partial charge < -0.3 is 94.1 Å². The molecule has 0 aliphatic carbocycles. The van der Waals surface area contributed by atoms with Crippen LogP contribution in [0.3, 0.4) is 0 Å². The summed E-state index contributed by atoms with van der Waals surface area (Å²) in [6.07, 6.45) is -25.2. The number of ether oxygens (including phenoxy) is 6. The van der Waals surface area contributed by atoms with E-state index >= 15 is 0 Å². The number of benzene rings is 2. The van der Waals surface area contributed by atoms with E-state index in [2.05, 4.69) is 0 Å². The van der Waals surface area contributed by atoms with Crippen LogP contribution >= 0.6 is 0 Å². The molecule has 3 aliphatic heterocycles. The van der Waals surface area contributed by atoms with Crippen LogP contribution in [0.25, 0.3) is 22.3 Å². The smallest absolute Gasteiger partial charge is 0.239 e. The van der Waals surface area contributed by atoms with Gasteiger partial charge in [-0.25, -0.2) is 0 Å². The van der Waals surface area contributed by atoms with Gasteiger partial charge in [-0.1, -0.05) is 0 Å². The minimum atomic E-state index is -1.99. The number of aromatic hydroxyl groups is 3. The first-order valence-electron chi connectivity index (χ1n) is 16.4. The van der Waals surface area contributed by atoms with E-state index in [4.69, 9.17) is 32.8 Å². The van der Waals surface area contributed by atoms with Crippen LogP contribution < -0.4 is 10.2 Å². The Morgan fingerprint density at radius 1 is 0.679 bits per heavy atom. The molecule has 2 aromatic carbocycles. The summed E-state index contributed by atoms with van der Waals surface area (Å²) in [5.74, 6) is -2.17. The Labute approximate surface area is 298 Å². The third-order valence-corrected chi connectivity index (χ3v) is 9.29. The molecule has 292 valence electrons. The molecule has 0 spiro atoms. The van der Waals surface area contributed by atoms with Crippen molar-refractivity contribution in [2.45, 2.75) is 99.0 Å². The van der Waals surface area contributed by atoms with Crippen LogP contribution in [-0.4, -0.2) is 167 Å². The van der Waals surface area contributed by atoms with E-state index in [-0.39, 0.29) is 22.7 Å². The fourth-order valence-electron chi connectivity index (χ4n) is 6.30. The predicted octanol–water partition coefficient (Wildman–Crippen LogP) is -3.57. The van der Waals surface area contributed by atoms with Crippen molar-refractivity contribution in [2.24, 2.45) is 0 Å². The van der Waals surface area contributed by atoms with E-state index in [1.54, 1.807) is 0 Å². The molecule has 15 unspecified atom stereocenters. The highest BCUT2D eigenvalue weighted by Crippen LogP contribution is 2.38. The van der Waals surface area contributed by atoms with Crippen molar-refractivity contribution in [1.82, 2.24) is 0 Å². The Bertz CT molecular complexity index is 1780. The van der Waals surface area contributed by atoms with Gasteiger partial charge in [0.05, 0.1) is 19.3 Å². The lowest BCUT2D eigenvalue weighted by molar-refractivity contribution is -0.359. The topological polar surface area (TPSA) is 328 Å². The molecule has 15 atom stereocenters. The van der Waals surface area contributed by atoms with Crippen LogP contribution in [0.4, 0.5) is 0 Å². The lowest BCUT2D eigenvalue weighted by Crippen LogP contribution is -2.64. The minimum Gasteiger partial charge on any atom is -0.508 e. The largest absolute Gasteiger partial charge is 0.508 e. The van der Waals surface area contributed by atoms with E-state index < -0.39 is 133 Å². The lowest BCUT2D eigenvalue weighted by Gasteiger charge is -2.46. The van der Waals surface area contributed by atoms with Crippen molar-refractivity contribution >= 4 is 11.0 Å². The quantitative estimate of drug-likeness (QED) is 0.100. The Morgan fingerprint density at radius 2 is 1.28 bits per heavy atom. The molecular formula is C33H40O20. The van der Waals surface area contributed by atoms with Crippen molar-refractivity contribution in [1.29, 1.82) is 0 Å². The van der Waals surface area contributed by atoms with Gasteiger partial charge >= 0.3 is 0 Å².